The molecule has 1 N–H and O–H groups in total. The Labute approximate surface area is 152 Å². The number of nitrogens with one attached hydrogen (secondary N) is 1. The largest absolute Gasteiger partial charge is 0.350 e. The normalized spacial score (nSPS) is 11.0. The zero-order valence-corrected chi connectivity index (χ0v) is 16.0. The fourth-order valence-electron chi connectivity index (χ4n) is 2.27. The summed E-state index contributed by atoms with van der Waals surface area (Å²) in [4.78, 5) is 19.7. The van der Waals surface area contributed by atoms with Crippen LogP contribution in [0.15, 0.2) is 24.3 Å². The molecule has 0 unspecified atom stereocenters. The number of benzene rings is 1. The van der Waals surface area contributed by atoms with Crippen LogP contribution in [0.1, 0.15) is 32.9 Å². The molecule has 0 aliphatic heterocycles. The fraction of sp³-hybridized carbons (Fsp3) is 0.444. The highest BCUT2D eigenvalue weighted by atomic mass is 35.5. The molecule has 0 aliphatic carbocycles. The third-order valence-corrected chi connectivity index (χ3v) is 5.37. The van der Waals surface area contributed by atoms with Crippen LogP contribution in [-0.2, 0) is 12.8 Å². The predicted molar refractivity (Wildman–Crippen MR) is 101 cm³/mol. The number of thiazole rings is 1. The van der Waals surface area contributed by atoms with Crippen molar-refractivity contribution in [2.45, 2.75) is 26.7 Å². The van der Waals surface area contributed by atoms with E-state index in [-0.39, 0.29) is 5.91 Å². The van der Waals surface area contributed by atoms with E-state index in [0.717, 1.165) is 46.5 Å². The number of amides is 1. The van der Waals surface area contributed by atoms with Crippen molar-refractivity contribution in [1.29, 1.82) is 0 Å². The second-order valence-corrected chi connectivity index (χ2v) is 7.32. The molecule has 0 saturated carbocycles. The van der Waals surface area contributed by atoms with E-state index in [0.29, 0.717) is 6.54 Å². The second-order valence-electron chi connectivity index (χ2n) is 5.80. The number of hydrogen-bond donors (Lipinski definition) is 1. The number of nitrogens with zero attached hydrogens (tertiary/aromatic N) is 2. The van der Waals surface area contributed by atoms with Crippen LogP contribution in [0.2, 0.25) is 5.02 Å². The quantitative estimate of drug-likeness (QED) is 0.777. The monoisotopic (exact) mass is 365 g/mol. The van der Waals surface area contributed by atoms with E-state index in [1.54, 1.807) is 0 Å². The molecule has 0 saturated heterocycles. The number of carbonyl (C=O) groups excluding carboxylic acids is 1. The van der Waals surface area contributed by atoms with Crippen molar-refractivity contribution in [1.82, 2.24) is 15.2 Å². The van der Waals surface area contributed by atoms with Gasteiger partial charge in [0.1, 0.15) is 4.88 Å². The molecule has 1 aromatic heterocycles. The Morgan fingerprint density at radius 1 is 1.29 bits per heavy atom. The molecule has 4 nitrogen and oxygen atoms in total. The average molecular weight is 366 g/mol. The van der Waals surface area contributed by atoms with Crippen molar-refractivity contribution in [2.24, 2.45) is 0 Å². The van der Waals surface area contributed by atoms with Crippen LogP contribution in [-0.4, -0.2) is 42.5 Å². The molecule has 6 heteroatoms. The molecule has 0 bridgehead atoms. The van der Waals surface area contributed by atoms with E-state index in [1.807, 2.05) is 38.2 Å². The van der Waals surface area contributed by atoms with Crippen molar-refractivity contribution in [3.8, 4) is 0 Å². The molecular formula is C18H24ClN3OS. The molecule has 1 amide bonds. The smallest absolute Gasteiger partial charge is 0.263 e. The van der Waals surface area contributed by atoms with Crippen LogP contribution in [0, 0.1) is 6.92 Å². The molecule has 0 aliphatic rings. The van der Waals surface area contributed by atoms with Gasteiger partial charge in [-0.2, -0.15) is 0 Å². The number of aryl methyl sites for hydroxylation is 3. The first-order chi connectivity index (χ1) is 11.5. The summed E-state index contributed by atoms with van der Waals surface area (Å²) in [6.07, 6.45) is 1.73. The molecule has 2 rings (SSSR count). The van der Waals surface area contributed by atoms with Gasteiger partial charge in [-0.25, -0.2) is 4.98 Å². The van der Waals surface area contributed by atoms with Gasteiger partial charge in [0.15, 0.2) is 0 Å². The molecule has 130 valence electrons. The molecule has 0 fully saturated rings. The lowest BCUT2D eigenvalue weighted by atomic mass is 10.1. The van der Waals surface area contributed by atoms with Crippen LogP contribution in [0.25, 0.3) is 0 Å². The average Bonchev–Trinajstić information content (AvgIpc) is 2.95. The molecule has 0 spiro atoms. The maximum absolute atomic E-state index is 12.3. The van der Waals surface area contributed by atoms with Crippen molar-refractivity contribution in [3.05, 3.63) is 50.4 Å². The number of likely N-dealkylation sites (N-methyl/N-ethyl adjacent to an activating group) is 1. The summed E-state index contributed by atoms with van der Waals surface area (Å²) in [5.74, 6) is -0.0211. The Morgan fingerprint density at radius 2 is 2.00 bits per heavy atom. The Balaban J connectivity index is 1.89. The lowest BCUT2D eigenvalue weighted by molar-refractivity contribution is 0.0953. The molecule has 0 radical (unpaired) electrons. The van der Waals surface area contributed by atoms with Crippen molar-refractivity contribution in [3.63, 3.8) is 0 Å². The minimum atomic E-state index is -0.0211. The minimum absolute atomic E-state index is 0.0211. The van der Waals surface area contributed by atoms with E-state index >= 15 is 0 Å². The van der Waals surface area contributed by atoms with Gasteiger partial charge in [0.2, 0.25) is 0 Å². The van der Waals surface area contributed by atoms with Gasteiger partial charge in [0, 0.05) is 24.5 Å². The Bertz CT molecular complexity index is 669. The van der Waals surface area contributed by atoms with Crippen molar-refractivity contribution >= 4 is 28.8 Å². The third kappa shape index (κ3) is 5.58. The van der Waals surface area contributed by atoms with Gasteiger partial charge >= 0.3 is 0 Å². The first-order valence-corrected chi connectivity index (χ1v) is 9.36. The Kier molecular flexibility index (Phi) is 7.21. The number of rotatable bonds is 8. The van der Waals surface area contributed by atoms with E-state index in [1.165, 1.54) is 16.9 Å². The first-order valence-electron chi connectivity index (χ1n) is 8.17. The van der Waals surface area contributed by atoms with Crippen LogP contribution in [0.3, 0.4) is 0 Å². The van der Waals surface area contributed by atoms with Gasteiger partial charge < -0.3 is 10.2 Å². The summed E-state index contributed by atoms with van der Waals surface area (Å²) < 4.78 is 0. The van der Waals surface area contributed by atoms with Crippen LogP contribution in [0.4, 0.5) is 0 Å². The summed E-state index contributed by atoms with van der Waals surface area (Å²) in [7, 11) is 2.04. The summed E-state index contributed by atoms with van der Waals surface area (Å²) in [5, 5.41) is 4.72. The topological polar surface area (TPSA) is 45.2 Å². The molecule has 2 aromatic rings. The van der Waals surface area contributed by atoms with Crippen LogP contribution >= 0.6 is 22.9 Å². The van der Waals surface area contributed by atoms with Crippen molar-refractivity contribution < 1.29 is 4.79 Å². The van der Waals surface area contributed by atoms with Gasteiger partial charge in [-0.1, -0.05) is 30.7 Å². The SMILES string of the molecule is CCN(C)CCNC(=O)c1sc(CCc2ccc(Cl)cc2)nc1C. The highest BCUT2D eigenvalue weighted by Crippen LogP contribution is 2.20. The fourth-order valence-corrected chi connectivity index (χ4v) is 3.38. The van der Waals surface area contributed by atoms with E-state index < -0.39 is 0 Å². The van der Waals surface area contributed by atoms with Gasteiger partial charge in [0.05, 0.1) is 10.7 Å². The number of aromatic nitrogens is 1. The highest BCUT2D eigenvalue weighted by Gasteiger charge is 2.15. The van der Waals surface area contributed by atoms with Gasteiger partial charge in [0.25, 0.3) is 5.91 Å². The maximum Gasteiger partial charge on any atom is 0.263 e. The Hall–Kier alpha value is -1.43. The Morgan fingerprint density at radius 3 is 2.67 bits per heavy atom. The number of halogens is 1. The van der Waals surface area contributed by atoms with Crippen molar-refractivity contribution in [2.75, 3.05) is 26.7 Å². The lowest BCUT2D eigenvalue weighted by Crippen LogP contribution is -2.32. The van der Waals surface area contributed by atoms with Gasteiger partial charge in [-0.15, -0.1) is 11.3 Å². The zero-order chi connectivity index (χ0) is 17.5. The van der Waals surface area contributed by atoms with Crippen LogP contribution < -0.4 is 5.32 Å². The molecular weight excluding hydrogens is 342 g/mol. The third-order valence-electron chi connectivity index (χ3n) is 3.91. The summed E-state index contributed by atoms with van der Waals surface area (Å²) >= 11 is 7.39. The highest BCUT2D eigenvalue weighted by molar-refractivity contribution is 7.13. The molecule has 1 aromatic carbocycles. The molecule has 24 heavy (non-hydrogen) atoms. The summed E-state index contributed by atoms with van der Waals surface area (Å²) in [6.45, 7) is 6.48. The molecule has 0 atom stereocenters. The maximum atomic E-state index is 12.3. The standard InChI is InChI=1S/C18H24ClN3OS/c1-4-22(3)12-11-20-18(23)17-13(2)21-16(24-17)10-7-14-5-8-15(19)9-6-14/h5-6,8-9H,4,7,10-12H2,1-3H3,(H,20,23). The lowest BCUT2D eigenvalue weighted by Gasteiger charge is -2.13. The summed E-state index contributed by atoms with van der Waals surface area (Å²) in [5.41, 5.74) is 2.04. The number of hydrogen-bond acceptors (Lipinski definition) is 4. The van der Waals surface area contributed by atoms with Crippen LogP contribution in [0.5, 0.6) is 0 Å². The van der Waals surface area contributed by atoms with E-state index in [9.17, 15) is 4.79 Å². The van der Waals surface area contributed by atoms with Gasteiger partial charge in [-0.05, 0) is 44.6 Å². The number of carbonyl (C=O) groups is 1. The van der Waals surface area contributed by atoms with Gasteiger partial charge in [-0.3, -0.25) is 4.79 Å². The predicted octanol–water partition coefficient (Wildman–Crippen LogP) is 3.57. The molecule has 1 heterocycles. The second kappa shape index (κ2) is 9.16. The summed E-state index contributed by atoms with van der Waals surface area (Å²) in [6, 6.07) is 7.85. The minimum Gasteiger partial charge on any atom is -0.350 e. The van der Waals surface area contributed by atoms with E-state index in [4.69, 9.17) is 11.6 Å². The first kappa shape index (κ1) is 18.9. The zero-order valence-electron chi connectivity index (χ0n) is 14.4. The van der Waals surface area contributed by atoms with E-state index in [2.05, 4.69) is 22.1 Å².